The third-order valence-corrected chi connectivity index (χ3v) is 6.32. The lowest BCUT2D eigenvalue weighted by atomic mass is 9.99. The molecule has 4 rings (SSSR count). The molecule has 0 saturated heterocycles. The number of anilines is 2. The summed E-state index contributed by atoms with van der Waals surface area (Å²) in [7, 11) is 1.61. The fourth-order valence-electron chi connectivity index (χ4n) is 4.12. The van der Waals surface area contributed by atoms with E-state index in [-0.39, 0.29) is 11.5 Å². The van der Waals surface area contributed by atoms with Crippen molar-refractivity contribution in [1.29, 1.82) is 0 Å². The van der Waals surface area contributed by atoms with Crippen LogP contribution in [0.5, 0.6) is 5.75 Å². The fourth-order valence-corrected chi connectivity index (χ4v) is 4.12. The van der Waals surface area contributed by atoms with E-state index < -0.39 is 5.91 Å². The van der Waals surface area contributed by atoms with Crippen molar-refractivity contribution in [2.45, 2.75) is 13.3 Å². The Hall–Kier alpha value is -4.95. The molecule has 3 N–H and O–H groups in total. The van der Waals surface area contributed by atoms with E-state index in [0.29, 0.717) is 41.9 Å². The van der Waals surface area contributed by atoms with Crippen LogP contribution in [0, 0.1) is 6.92 Å². The van der Waals surface area contributed by atoms with Crippen molar-refractivity contribution in [2.75, 3.05) is 18.6 Å². The van der Waals surface area contributed by atoms with Crippen molar-refractivity contribution in [3.8, 4) is 16.9 Å². The van der Waals surface area contributed by atoms with Gasteiger partial charge in [-0.15, -0.1) is 0 Å². The van der Waals surface area contributed by atoms with E-state index in [1.165, 1.54) is 4.90 Å². The summed E-state index contributed by atoms with van der Waals surface area (Å²) in [6, 6.07) is 27.0. The molecule has 0 fully saturated rings. The van der Waals surface area contributed by atoms with Crippen LogP contribution >= 0.6 is 0 Å². The van der Waals surface area contributed by atoms with Crippen LogP contribution in [0.25, 0.3) is 11.1 Å². The van der Waals surface area contributed by atoms with Gasteiger partial charge in [0.25, 0.3) is 11.8 Å². The number of nitrogens with one attached hydrogen (secondary N) is 2. The number of hydroxylamine groups is 1. The zero-order valence-corrected chi connectivity index (χ0v) is 21.7. The number of amides is 3. The summed E-state index contributed by atoms with van der Waals surface area (Å²) < 4.78 is 5.19. The molecule has 0 aliphatic carbocycles. The minimum Gasteiger partial charge on any atom is -0.497 e. The molecule has 0 spiro atoms. The monoisotopic (exact) mass is 523 g/mol. The normalized spacial score (nSPS) is 10.4. The lowest BCUT2D eigenvalue weighted by molar-refractivity contribution is -0.106. The van der Waals surface area contributed by atoms with Gasteiger partial charge in [0.15, 0.2) is 0 Å². The van der Waals surface area contributed by atoms with Crippen LogP contribution in [0.3, 0.4) is 0 Å². The molecule has 0 saturated carbocycles. The minimum absolute atomic E-state index is 0.280. The van der Waals surface area contributed by atoms with Gasteiger partial charge in [0.1, 0.15) is 5.75 Å². The van der Waals surface area contributed by atoms with Gasteiger partial charge in [0.05, 0.1) is 12.8 Å². The van der Waals surface area contributed by atoms with Gasteiger partial charge in [-0.3, -0.25) is 24.5 Å². The zero-order valence-electron chi connectivity index (χ0n) is 21.7. The van der Waals surface area contributed by atoms with Crippen molar-refractivity contribution in [3.63, 3.8) is 0 Å². The van der Waals surface area contributed by atoms with Crippen LogP contribution < -0.4 is 20.4 Å². The first-order valence-corrected chi connectivity index (χ1v) is 12.3. The number of aryl methyl sites for hydroxylation is 1. The summed E-state index contributed by atoms with van der Waals surface area (Å²) in [6.45, 7) is 2.38. The Balaban J connectivity index is 1.64. The molecule has 8 heteroatoms. The summed E-state index contributed by atoms with van der Waals surface area (Å²) in [4.78, 5) is 38.6. The summed E-state index contributed by atoms with van der Waals surface area (Å²) in [5.74, 6) is -0.137. The van der Waals surface area contributed by atoms with Gasteiger partial charge in [0.2, 0.25) is 6.41 Å². The molecule has 0 aliphatic rings. The molecule has 39 heavy (non-hydrogen) atoms. The molecule has 0 unspecified atom stereocenters. The first-order chi connectivity index (χ1) is 18.9. The van der Waals surface area contributed by atoms with E-state index in [1.807, 2.05) is 61.5 Å². The second-order valence-electron chi connectivity index (χ2n) is 8.95. The average Bonchev–Trinajstić information content (AvgIpc) is 2.98. The van der Waals surface area contributed by atoms with Crippen LogP contribution in [0.1, 0.15) is 31.8 Å². The lowest BCUT2D eigenvalue weighted by Gasteiger charge is -2.20. The zero-order chi connectivity index (χ0) is 27.8. The summed E-state index contributed by atoms with van der Waals surface area (Å²) in [5, 5.41) is 11.9. The van der Waals surface area contributed by atoms with Crippen molar-refractivity contribution in [2.24, 2.45) is 0 Å². The van der Waals surface area contributed by atoms with Gasteiger partial charge in [-0.25, -0.2) is 5.48 Å². The quantitative estimate of drug-likeness (QED) is 0.153. The first kappa shape index (κ1) is 27.1. The third kappa shape index (κ3) is 6.68. The molecule has 0 aliphatic heterocycles. The Labute approximate surface area is 226 Å². The molecule has 4 aromatic carbocycles. The number of carbonyl (C=O) groups excluding carboxylic acids is 3. The Morgan fingerprint density at radius 1 is 0.821 bits per heavy atom. The standard InChI is InChI=1S/C31H29N3O5/c1-21-3-11-27(12-4-21)34(20-35)28-18-25(23-7-9-24(10-8-23)31(37)33-38)17-26(19-28)30(36)32-16-15-22-5-13-29(39-2)14-6-22/h3-14,17-20,38H,15-16H2,1-2H3,(H,32,36)(H,33,37). The highest BCUT2D eigenvalue weighted by atomic mass is 16.5. The van der Waals surface area contributed by atoms with E-state index in [9.17, 15) is 14.4 Å². The smallest absolute Gasteiger partial charge is 0.274 e. The highest BCUT2D eigenvalue weighted by Gasteiger charge is 2.16. The maximum atomic E-state index is 13.2. The van der Waals surface area contributed by atoms with E-state index in [0.717, 1.165) is 22.4 Å². The highest BCUT2D eigenvalue weighted by molar-refractivity contribution is 5.99. The van der Waals surface area contributed by atoms with Gasteiger partial charge < -0.3 is 10.1 Å². The predicted octanol–water partition coefficient (Wildman–Crippen LogP) is 5.06. The van der Waals surface area contributed by atoms with Crippen LogP contribution in [0.15, 0.2) is 91.0 Å². The Morgan fingerprint density at radius 3 is 2.13 bits per heavy atom. The van der Waals surface area contributed by atoms with E-state index in [4.69, 9.17) is 9.94 Å². The molecule has 4 aromatic rings. The molecule has 0 aromatic heterocycles. The minimum atomic E-state index is -0.626. The van der Waals surface area contributed by atoms with Crippen molar-refractivity contribution < 1.29 is 24.3 Å². The molecule has 0 bridgehead atoms. The lowest BCUT2D eigenvalue weighted by Crippen LogP contribution is -2.26. The van der Waals surface area contributed by atoms with E-state index >= 15 is 0 Å². The number of methoxy groups -OCH3 is 1. The van der Waals surface area contributed by atoms with E-state index in [1.54, 1.807) is 49.0 Å². The summed E-state index contributed by atoms with van der Waals surface area (Å²) >= 11 is 0. The van der Waals surface area contributed by atoms with Gasteiger partial charge in [-0.2, -0.15) is 0 Å². The van der Waals surface area contributed by atoms with Crippen molar-refractivity contribution in [3.05, 3.63) is 113 Å². The Morgan fingerprint density at radius 2 is 1.51 bits per heavy atom. The average molecular weight is 524 g/mol. The van der Waals surface area contributed by atoms with Gasteiger partial charge in [0, 0.05) is 23.4 Å². The number of rotatable bonds is 10. The van der Waals surface area contributed by atoms with Gasteiger partial charge >= 0.3 is 0 Å². The molecule has 0 heterocycles. The Kier molecular flexibility index (Phi) is 8.71. The first-order valence-electron chi connectivity index (χ1n) is 12.3. The number of carbonyl (C=O) groups is 3. The second-order valence-corrected chi connectivity index (χ2v) is 8.95. The number of ether oxygens (including phenoxy) is 1. The fraction of sp³-hybridized carbons (Fsp3) is 0.129. The topological polar surface area (TPSA) is 108 Å². The maximum absolute atomic E-state index is 13.2. The molecule has 0 radical (unpaired) electrons. The number of nitrogens with zero attached hydrogens (tertiary/aromatic N) is 1. The number of hydrogen-bond acceptors (Lipinski definition) is 5. The SMILES string of the molecule is COc1ccc(CCNC(=O)c2cc(-c3ccc(C(=O)NO)cc3)cc(N(C=O)c3ccc(C)cc3)c2)cc1. The van der Waals surface area contributed by atoms with E-state index in [2.05, 4.69) is 5.32 Å². The van der Waals surface area contributed by atoms with Crippen LogP contribution in [0.4, 0.5) is 11.4 Å². The molecular weight excluding hydrogens is 494 g/mol. The molecule has 8 nitrogen and oxygen atoms in total. The molecular formula is C31H29N3O5. The number of benzene rings is 4. The van der Waals surface area contributed by atoms with Gasteiger partial charge in [-0.1, -0.05) is 42.0 Å². The Bertz CT molecular complexity index is 1450. The van der Waals surface area contributed by atoms with Gasteiger partial charge in [-0.05, 0) is 84.6 Å². The predicted molar refractivity (Wildman–Crippen MR) is 150 cm³/mol. The summed E-state index contributed by atoms with van der Waals surface area (Å²) in [6.07, 6.45) is 1.35. The molecule has 3 amide bonds. The maximum Gasteiger partial charge on any atom is 0.274 e. The van der Waals surface area contributed by atoms with Crippen molar-refractivity contribution in [1.82, 2.24) is 10.8 Å². The molecule has 0 atom stereocenters. The van der Waals surface area contributed by atoms with Crippen LogP contribution in [-0.4, -0.2) is 37.1 Å². The second kappa shape index (κ2) is 12.5. The summed E-state index contributed by atoms with van der Waals surface area (Å²) in [5.41, 5.74) is 6.98. The third-order valence-electron chi connectivity index (χ3n) is 6.32. The molecule has 198 valence electrons. The number of hydrogen-bond donors (Lipinski definition) is 3. The van der Waals surface area contributed by atoms with Crippen molar-refractivity contribution >= 4 is 29.6 Å². The van der Waals surface area contributed by atoms with Crippen LogP contribution in [0.2, 0.25) is 0 Å². The highest BCUT2D eigenvalue weighted by Crippen LogP contribution is 2.31. The van der Waals surface area contributed by atoms with Crippen LogP contribution in [-0.2, 0) is 11.2 Å². The largest absolute Gasteiger partial charge is 0.497 e.